The zero-order chi connectivity index (χ0) is 13.9. The van der Waals surface area contributed by atoms with Crippen LogP contribution >= 0.6 is 0 Å². The molecule has 0 saturated carbocycles. The summed E-state index contributed by atoms with van der Waals surface area (Å²) in [6, 6.07) is 19.4. The Kier molecular flexibility index (Phi) is 3.33. The van der Waals surface area contributed by atoms with Crippen LogP contribution in [0.5, 0.6) is 0 Å². The number of hydrogen-bond donors (Lipinski definition) is 0. The molecule has 100 valence electrons. The van der Waals surface area contributed by atoms with Gasteiger partial charge in [-0.1, -0.05) is 48.5 Å². The molecule has 20 heavy (non-hydrogen) atoms. The molecule has 1 saturated heterocycles. The van der Waals surface area contributed by atoms with Crippen molar-refractivity contribution in [2.24, 2.45) is 5.92 Å². The van der Waals surface area contributed by atoms with Gasteiger partial charge in [-0.15, -0.1) is 0 Å². The lowest BCUT2D eigenvalue weighted by Crippen LogP contribution is -2.55. The van der Waals surface area contributed by atoms with Crippen LogP contribution in [0.15, 0.2) is 60.7 Å². The van der Waals surface area contributed by atoms with Gasteiger partial charge >= 0.3 is 0 Å². The first-order chi connectivity index (χ1) is 9.83. The maximum Gasteiger partial charge on any atom is 0.233 e. The average molecular weight is 265 g/mol. The number of rotatable bonds is 4. The van der Waals surface area contributed by atoms with Gasteiger partial charge in [0.05, 0.1) is 12.0 Å². The summed E-state index contributed by atoms with van der Waals surface area (Å²) in [5, 5.41) is 0. The van der Waals surface area contributed by atoms with Crippen molar-refractivity contribution in [2.45, 2.75) is 12.5 Å². The van der Waals surface area contributed by atoms with E-state index in [1.54, 1.807) is 4.90 Å². The van der Waals surface area contributed by atoms with E-state index in [1.807, 2.05) is 60.7 Å². The molecule has 0 aliphatic carbocycles. The molecule has 1 amide bonds. The number of carbonyl (C=O) groups is 2. The van der Waals surface area contributed by atoms with Gasteiger partial charge in [-0.3, -0.25) is 4.79 Å². The molecule has 0 bridgehead atoms. The molecule has 0 N–H and O–H groups in total. The number of hydrogen-bond acceptors (Lipinski definition) is 2. The van der Waals surface area contributed by atoms with Crippen LogP contribution in [0.4, 0.5) is 5.69 Å². The predicted molar refractivity (Wildman–Crippen MR) is 77.3 cm³/mol. The van der Waals surface area contributed by atoms with Crippen LogP contribution in [0.3, 0.4) is 0 Å². The van der Waals surface area contributed by atoms with E-state index in [9.17, 15) is 9.59 Å². The third-order valence-electron chi connectivity index (χ3n) is 3.74. The summed E-state index contributed by atoms with van der Waals surface area (Å²) in [4.78, 5) is 24.9. The molecule has 1 heterocycles. The van der Waals surface area contributed by atoms with Crippen molar-refractivity contribution in [3.05, 3.63) is 66.2 Å². The van der Waals surface area contributed by atoms with Gasteiger partial charge in [-0.25, -0.2) is 0 Å². The third-order valence-corrected chi connectivity index (χ3v) is 3.74. The Morgan fingerprint density at radius 2 is 1.55 bits per heavy atom. The molecule has 2 atom stereocenters. The van der Waals surface area contributed by atoms with Crippen molar-refractivity contribution in [3.63, 3.8) is 0 Å². The standard InChI is InChI=1S/C17H15NO2/c19-12-11-15-16(13-7-3-1-4-8-13)18(17(15)20)14-9-5-2-6-10-14/h1-10,12,15-16H,11H2. The first kappa shape index (κ1) is 12.6. The van der Waals surface area contributed by atoms with Crippen LogP contribution in [0.25, 0.3) is 0 Å². The van der Waals surface area contributed by atoms with Crippen molar-refractivity contribution in [2.75, 3.05) is 4.90 Å². The highest BCUT2D eigenvalue weighted by Gasteiger charge is 2.48. The third kappa shape index (κ3) is 2.01. The Labute approximate surface area is 117 Å². The molecule has 1 fully saturated rings. The van der Waals surface area contributed by atoms with Gasteiger partial charge in [0, 0.05) is 12.1 Å². The van der Waals surface area contributed by atoms with E-state index in [2.05, 4.69) is 0 Å². The summed E-state index contributed by atoms with van der Waals surface area (Å²) in [6.07, 6.45) is 1.11. The number of para-hydroxylation sites is 1. The predicted octanol–water partition coefficient (Wildman–Crippen LogP) is 2.98. The molecule has 3 heteroatoms. The second-order valence-electron chi connectivity index (χ2n) is 4.91. The smallest absolute Gasteiger partial charge is 0.233 e. The second kappa shape index (κ2) is 5.29. The number of anilines is 1. The Bertz CT molecular complexity index is 609. The Balaban J connectivity index is 1.97. The maximum atomic E-state index is 12.3. The zero-order valence-electron chi connectivity index (χ0n) is 11.0. The molecule has 0 spiro atoms. The fraction of sp³-hybridized carbons (Fsp3) is 0.176. The topological polar surface area (TPSA) is 37.4 Å². The van der Waals surface area contributed by atoms with Gasteiger partial charge in [0.15, 0.2) is 0 Å². The quantitative estimate of drug-likeness (QED) is 0.629. The van der Waals surface area contributed by atoms with Crippen LogP contribution < -0.4 is 4.90 Å². The SMILES string of the molecule is O=CCC1C(=O)N(c2ccccc2)C1c1ccccc1. The molecule has 3 nitrogen and oxygen atoms in total. The number of nitrogens with zero attached hydrogens (tertiary/aromatic N) is 1. The molecule has 0 radical (unpaired) electrons. The lowest BCUT2D eigenvalue weighted by Gasteiger charge is -2.47. The van der Waals surface area contributed by atoms with Gasteiger partial charge in [0.25, 0.3) is 0 Å². The van der Waals surface area contributed by atoms with Gasteiger partial charge in [0.1, 0.15) is 6.29 Å². The van der Waals surface area contributed by atoms with Crippen LogP contribution in [0, 0.1) is 5.92 Å². The molecule has 3 rings (SSSR count). The van der Waals surface area contributed by atoms with Crippen LogP contribution in [-0.2, 0) is 9.59 Å². The van der Waals surface area contributed by atoms with Crippen LogP contribution in [0.2, 0.25) is 0 Å². The fourth-order valence-electron chi connectivity index (χ4n) is 2.79. The van der Waals surface area contributed by atoms with Crippen LogP contribution in [-0.4, -0.2) is 12.2 Å². The van der Waals surface area contributed by atoms with Crippen molar-refractivity contribution in [1.29, 1.82) is 0 Å². The summed E-state index contributed by atoms with van der Waals surface area (Å²) in [7, 11) is 0. The minimum absolute atomic E-state index is 0.0251. The summed E-state index contributed by atoms with van der Waals surface area (Å²) in [5.74, 6) is -0.216. The summed E-state index contributed by atoms with van der Waals surface area (Å²) < 4.78 is 0. The van der Waals surface area contributed by atoms with Gasteiger partial charge in [-0.05, 0) is 17.7 Å². The lowest BCUT2D eigenvalue weighted by atomic mass is 9.80. The Morgan fingerprint density at radius 3 is 2.15 bits per heavy atom. The maximum absolute atomic E-state index is 12.3. The molecule has 1 aliphatic heterocycles. The van der Waals surface area contributed by atoms with E-state index < -0.39 is 0 Å². The molecule has 1 aliphatic rings. The van der Waals surface area contributed by atoms with Gasteiger partial charge in [0.2, 0.25) is 5.91 Å². The van der Waals surface area contributed by atoms with Crippen molar-refractivity contribution >= 4 is 17.9 Å². The molecular weight excluding hydrogens is 250 g/mol. The average Bonchev–Trinajstić information content (AvgIpc) is 2.51. The van der Waals surface area contributed by atoms with Gasteiger partial charge < -0.3 is 9.69 Å². The number of carbonyl (C=O) groups excluding carboxylic acids is 2. The number of amides is 1. The summed E-state index contributed by atoms with van der Waals surface area (Å²) >= 11 is 0. The number of aldehydes is 1. The van der Waals surface area contributed by atoms with E-state index in [4.69, 9.17) is 0 Å². The summed E-state index contributed by atoms with van der Waals surface area (Å²) in [5.41, 5.74) is 1.95. The van der Waals surface area contributed by atoms with Crippen molar-refractivity contribution in [1.82, 2.24) is 0 Å². The van der Waals surface area contributed by atoms with Gasteiger partial charge in [-0.2, -0.15) is 0 Å². The Morgan fingerprint density at radius 1 is 0.950 bits per heavy atom. The molecule has 2 aromatic carbocycles. The van der Waals surface area contributed by atoms with E-state index in [0.29, 0.717) is 0 Å². The summed E-state index contributed by atoms with van der Waals surface area (Å²) in [6.45, 7) is 0. The lowest BCUT2D eigenvalue weighted by molar-refractivity contribution is -0.132. The highest BCUT2D eigenvalue weighted by atomic mass is 16.2. The number of β-lactam (4-membered cyclic amide) rings is 1. The van der Waals surface area contributed by atoms with E-state index in [1.165, 1.54) is 0 Å². The number of benzene rings is 2. The fourth-order valence-corrected chi connectivity index (χ4v) is 2.79. The van der Waals surface area contributed by atoms with Crippen molar-refractivity contribution < 1.29 is 9.59 Å². The highest BCUT2D eigenvalue weighted by Crippen LogP contribution is 2.44. The molecule has 2 aromatic rings. The monoisotopic (exact) mass is 265 g/mol. The normalized spacial score (nSPS) is 21.4. The minimum atomic E-state index is -0.241. The van der Waals surface area contributed by atoms with Crippen molar-refractivity contribution in [3.8, 4) is 0 Å². The highest BCUT2D eigenvalue weighted by molar-refractivity contribution is 6.04. The van der Waals surface area contributed by atoms with E-state index >= 15 is 0 Å². The molecule has 2 unspecified atom stereocenters. The molecular formula is C17H15NO2. The first-order valence-corrected chi connectivity index (χ1v) is 6.69. The van der Waals surface area contributed by atoms with E-state index in [0.717, 1.165) is 17.5 Å². The van der Waals surface area contributed by atoms with Crippen LogP contribution in [0.1, 0.15) is 18.0 Å². The molecule has 0 aromatic heterocycles. The van der Waals surface area contributed by atoms with E-state index in [-0.39, 0.29) is 24.3 Å². The first-order valence-electron chi connectivity index (χ1n) is 6.69. The second-order valence-corrected chi connectivity index (χ2v) is 4.91. The Hall–Kier alpha value is -2.42. The minimum Gasteiger partial charge on any atom is -0.304 e. The largest absolute Gasteiger partial charge is 0.304 e. The zero-order valence-corrected chi connectivity index (χ0v) is 11.0.